The minimum absolute atomic E-state index is 0.0229. The molecule has 7 heteroatoms. The Kier molecular flexibility index (Phi) is 4.52. The molecule has 6 nitrogen and oxygen atoms in total. The number of carbonyl (C=O) groups is 1. The quantitative estimate of drug-likeness (QED) is 0.895. The average molecular weight is 375 g/mol. The summed E-state index contributed by atoms with van der Waals surface area (Å²) in [4.78, 5) is 18.1. The molecule has 140 valence electrons. The summed E-state index contributed by atoms with van der Waals surface area (Å²) in [6, 6.07) is 7.80. The van der Waals surface area contributed by atoms with Crippen LogP contribution in [0, 0.1) is 0 Å². The summed E-state index contributed by atoms with van der Waals surface area (Å²) in [5.74, 6) is 0.412. The maximum Gasteiger partial charge on any atom is 0.241 e. The molecule has 1 amide bonds. The number of rotatable bonds is 3. The zero-order valence-corrected chi connectivity index (χ0v) is 15.8. The Morgan fingerprint density at radius 2 is 1.85 bits per heavy atom. The minimum Gasteiger partial charge on any atom is -0.361 e. The molecule has 26 heavy (non-hydrogen) atoms. The lowest BCUT2D eigenvalue weighted by Crippen LogP contribution is -2.49. The lowest BCUT2D eigenvalue weighted by atomic mass is 9.89. The number of nitrogens with one attached hydrogen (secondary N) is 1. The predicted octanol–water partition coefficient (Wildman–Crippen LogP) is 2.30. The molecule has 0 saturated carbocycles. The van der Waals surface area contributed by atoms with E-state index in [1.807, 2.05) is 11.0 Å². The van der Waals surface area contributed by atoms with Gasteiger partial charge >= 0.3 is 0 Å². The molecule has 0 aliphatic carbocycles. The fourth-order valence-electron chi connectivity index (χ4n) is 4.44. The van der Waals surface area contributed by atoms with Crippen molar-refractivity contribution < 1.29 is 13.2 Å². The molecule has 1 unspecified atom stereocenters. The molecule has 1 aromatic carbocycles. The number of benzene rings is 1. The first kappa shape index (κ1) is 17.5. The van der Waals surface area contributed by atoms with Gasteiger partial charge < -0.3 is 9.88 Å². The normalized spacial score (nSPS) is 23.0. The molecular weight excluding hydrogens is 350 g/mol. The van der Waals surface area contributed by atoms with Gasteiger partial charge in [0.2, 0.25) is 15.9 Å². The second-order valence-electron chi connectivity index (χ2n) is 7.42. The van der Waals surface area contributed by atoms with Crippen LogP contribution < -0.4 is 0 Å². The molecule has 1 N–H and O–H groups in total. The van der Waals surface area contributed by atoms with E-state index >= 15 is 0 Å². The molecule has 2 saturated heterocycles. The Labute approximate surface area is 154 Å². The van der Waals surface area contributed by atoms with Crippen LogP contribution in [0.2, 0.25) is 0 Å². The van der Waals surface area contributed by atoms with Gasteiger partial charge in [0.15, 0.2) is 0 Å². The van der Waals surface area contributed by atoms with Crippen LogP contribution in [0.5, 0.6) is 0 Å². The molecule has 1 atom stereocenters. The van der Waals surface area contributed by atoms with E-state index in [0.29, 0.717) is 32.0 Å². The summed E-state index contributed by atoms with van der Waals surface area (Å²) in [6.45, 7) is 1.84. The highest BCUT2D eigenvalue weighted by Crippen LogP contribution is 2.34. The highest BCUT2D eigenvalue weighted by Gasteiger charge is 2.39. The summed E-state index contributed by atoms with van der Waals surface area (Å²) in [7, 11) is -3.32. The van der Waals surface area contributed by atoms with Crippen molar-refractivity contribution in [3.8, 4) is 0 Å². The van der Waals surface area contributed by atoms with E-state index in [2.05, 4.69) is 29.4 Å². The van der Waals surface area contributed by atoms with Gasteiger partial charge in [-0.25, -0.2) is 8.42 Å². The van der Waals surface area contributed by atoms with Gasteiger partial charge in [-0.05, 0) is 43.2 Å². The fourth-order valence-corrected chi connectivity index (χ4v) is 5.56. The zero-order valence-electron chi connectivity index (χ0n) is 15.0. The number of fused-ring (bicyclic) bond motifs is 1. The van der Waals surface area contributed by atoms with Gasteiger partial charge in [-0.2, -0.15) is 4.31 Å². The SMILES string of the molecule is CS(=O)(=O)N1CCCC1C(=O)N1CCC(c2c[nH]c3ccccc23)CC1. The molecular formula is C19H25N3O3S. The first-order valence-electron chi connectivity index (χ1n) is 9.27. The number of sulfonamides is 1. The number of piperidine rings is 1. The van der Waals surface area contributed by atoms with E-state index in [9.17, 15) is 13.2 Å². The maximum atomic E-state index is 12.9. The van der Waals surface area contributed by atoms with E-state index in [-0.39, 0.29) is 5.91 Å². The van der Waals surface area contributed by atoms with E-state index in [1.54, 1.807) is 0 Å². The van der Waals surface area contributed by atoms with Crippen LogP contribution in [0.15, 0.2) is 30.5 Å². The third-order valence-electron chi connectivity index (χ3n) is 5.78. The molecule has 2 aliphatic rings. The summed E-state index contributed by atoms with van der Waals surface area (Å²) >= 11 is 0. The molecule has 0 bridgehead atoms. The van der Waals surface area contributed by atoms with Crippen molar-refractivity contribution in [3.63, 3.8) is 0 Å². The largest absolute Gasteiger partial charge is 0.361 e. The Bertz CT molecular complexity index is 913. The van der Waals surface area contributed by atoms with Gasteiger partial charge in [0.25, 0.3) is 0 Å². The number of nitrogens with zero attached hydrogens (tertiary/aromatic N) is 2. The Hall–Kier alpha value is -1.86. The summed E-state index contributed by atoms with van der Waals surface area (Å²) in [5, 5.41) is 1.26. The lowest BCUT2D eigenvalue weighted by Gasteiger charge is -2.35. The number of para-hydroxylation sites is 1. The zero-order chi connectivity index (χ0) is 18.3. The molecule has 2 aliphatic heterocycles. The van der Waals surface area contributed by atoms with E-state index in [0.717, 1.165) is 24.8 Å². The lowest BCUT2D eigenvalue weighted by molar-refractivity contribution is -0.135. The van der Waals surface area contributed by atoms with Crippen LogP contribution in [0.3, 0.4) is 0 Å². The van der Waals surface area contributed by atoms with Crippen LogP contribution in [0.25, 0.3) is 10.9 Å². The van der Waals surface area contributed by atoms with Crippen LogP contribution in [0.4, 0.5) is 0 Å². The highest BCUT2D eigenvalue weighted by atomic mass is 32.2. The molecule has 0 radical (unpaired) electrons. The average Bonchev–Trinajstić information content (AvgIpc) is 3.28. The van der Waals surface area contributed by atoms with Gasteiger partial charge in [-0.3, -0.25) is 4.79 Å². The van der Waals surface area contributed by atoms with E-state index in [1.165, 1.54) is 21.5 Å². The van der Waals surface area contributed by atoms with Gasteiger partial charge in [-0.15, -0.1) is 0 Å². The third kappa shape index (κ3) is 3.14. The van der Waals surface area contributed by atoms with Crippen molar-refractivity contribution in [2.75, 3.05) is 25.9 Å². The second kappa shape index (κ2) is 6.70. The summed E-state index contributed by atoms with van der Waals surface area (Å²) in [5.41, 5.74) is 2.47. The van der Waals surface area contributed by atoms with Crippen molar-refractivity contribution in [1.82, 2.24) is 14.2 Å². The smallest absolute Gasteiger partial charge is 0.241 e. The number of likely N-dealkylation sites (tertiary alicyclic amines) is 1. The molecule has 1 aromatic heterocycles. The summed E-state index contributed by atoms with van der Waals surface area (Å²) in [6.07, 6.45) is 6.51. The number of hydrogen-bond donors (Lipinski definition) is 1. The predicted molar refractivity (Wildman–Crippen MR) is 101 cm³/mol. The van der Waals surface area contributed by atoms with Crippen molar-refractivity contribution in [2.45, 2.75) is 37.6 Å². The number of aromatic nitrogens is 1. The highest BCUT2D eigenvalue weighted by molar-refractivity contribution is 7.88. The molecule has 4 rings (SSSR count). The van der Waals surface area contributed by atoms with Crippen molar-refractivity contribution in [3.05, 3.63) is 36.0 Å². The minimum atomic E-state index is -3.32. The van der Waals surface area contributed by atoms with Crippen LogP contribution in [0.1, 0.15) is 37.2 Å². The monoisotopic (exact) mass is 375 g/mol. The first-order valence-corrected chi connectivity index (χ1v) is 11.1. The number of H-pyrrole nitrogens is 1. The standard InChI is InChI=1S/C19H25N3O3S/c1-26(24,25)22-10-4-7-18(22)19(23)21-11-8-14(9-12-21)16-13-20-17-6-3-2-5-15(16)17/h2-3,5-6,13-14,18,20H,4,7-12H2,1H3. The van der Waals surface area contributed by atoms with Gasteiger partial charge in [0.05, 0.1) is 6.26 Å². The van der Waals surface area contributed by atoms with Crippen LogP contribution in [-0.2, 0) is 14.8 Å². The van der Waals surface area contributed by atoms with Crippen molar-refractivity contribution >= 4 is 26.8 Å². The number of amides is 1. The van der Waals surface area contributed by atoms with E-state index < -0.39 is 16.1 Å². The molecule has 2 aromatic rings. The maximum absolute atomic E-state index is 12.9. The Morgan fingerprint density at radius 3 is 2.58 bits per heavy atom. The fraction of sp³-hybridized carbons (Fsp3) is 0.526. The van der Waals surface area contributed by atoms with Gasteiger partial charge in [0, 0.05) is 36.7 Å². The second-order valence-corrected chi connectivity index (χ2v) is 9.36. The van der Waals surface area contributed by atoms with Crippen molar-refractivity contribution in [2.24, 2.45) is 0 Å². The number of hydrogen-bond acceptors (Lipinski definition) is 3. The van der Waals surface area contributed by atoms with Crippen LogP contribution in [-0.4, -0.2) is 60.4 Å². The Balaban J connectivity index is 1.44. The number of carbonyl (C=O) groups excluding carboxylic acids is 1. The molecule has 3 heterocycles. The molecule has 2 fully saturated rings. The van der Waals surface area contributed by atoms with Crippen molar-refractivity contribution in [1.29, 1.82) is 0 Å². The van der Waals surface area contributed by atoms with Gasteiger partial charge in [-0.1, -0.05) is 18.2 Å². The molecule has 0 spiro atoms. The topological polar surface area (TPSA) is 73.5 Å². The van der Waals surface area contributed by atoms with Crippen LogP contribution >= 0.6 is 0 Å². The third-order valence-corrected chi connectivity index (χ3v) is 7.07. The Morgan fingerprint density at radius 1 is 1.12 bits per heavy atom. The van der Waals surface area contributed by atoms with Gasteiger partial charge in [0.1, 0.15) is 6.04 Å². The summed E-state index contributed by atoms with van der Waals surface area (Å²) < 4.78 is 25.2. The van der Waals surface area contributed by atoms with E-state index in [4.69, 9.17) is 0 Å². The number of aromatic amines is 1. The first-order chi connectivity index (χ1) is 12.4.